The summed E-state index contributed by atoms with van der Waals surface area (Å²) >= 11 is 0. The highest BCUT2D eigenvalue weighted by Gasteiger charge is 2.17. The Balaban J connectivity index is 2.16. The molecule has 0 spiro atoms. The van der Waals surface area contributed by atoms with E-state index < -0.39 is 5.97 Å². The fraction of sp³-hybridized carbons (Fsp3) is 0.0625. The van der Waals surface area contributed by atoms with E-state index in [0.29, 0.717) is 11.4 Å². The van der Waals surface area contributed by atoms with Gasteiger partial charge in [0.2, 0.25) is 0 Å². The van der Waals surface area contributed by atoms with E-state index in [1.165, 1.54) is 10.7 Å². The standard InChI is InChI=1S/C16H13N3O2/c1-11-5-4-6-12(9-11)19-15(16(20)21)10-14(18-19)13-7-2-3-8-17-13/h2-10H,1H3,(H,20,21). The van der Waals surface area contributed by atoms with Crippen LogP contribution in [0, 0.1) is 6.92 Å². The summed E-state index contributed by atoms with van der Waals surface area (Å²) in [5, 5.41) is 13.8. The lowest BCUT2D eigenvalue weighted by Gasteiger charge is -2.05. The second-order valence-electron chi connectivity index (χ2n) is 4.69. The largest absolute Gasteiger partial charge is 0.477 e. The summed E-state index contributed by atoms with van der Waals surface area (Å²) in [5.41, 5.74) is 3.05. The second kappa shape index (κ2) is 5.20. The van der Waals surface area contributed by atoms with E-state index in [4.69, 9.17) is 0 Å². The maximum Gasteiger partial charge on any atom is 0.354 e. The van der Waals surface area contributed by atoms with Gasteiger partial charge in [-0.05, 0) is 36.8 Å². The van der Waals surface area contributed by atoms with Gasteiger partial charge in [0.1, 0.15) is 5.69 Å². The molecule has 0 aliphatic carbocycles. The number of aromatic carboxylic acids is 1. The molecule has 104 valence electrons. The van der Waals surface area contributed by atoms with Gasteiger partial charge in [-0.3, -0.25) is 4.98 Å². The summed E-state index contributed by atoms with van der Waals surface area (Å²) in [5.74, 6) is -1.02. The molecule has 0 bridgehead atoms. The Kier molecular flexibility index (Phi) is 3.23. The fourth-order valence-electron chi connectivity index (χ4n) is 2.13. The summed E-state index contributed by atoms with van der Waals surface area (Å²) in [7, 11) is 0. The Labute approximate surface area is 121 Å². The summed E-state index contributed by atoms with van der Waals surface area (Å²) in [6.07, 6.45) is 1.65. The number of pyridine rings is 1. The molecule has 0 atom stereocenters. The normalized spacial score (nSPS) is 10.5. The summed E-state index contributed by atoms with van der Waals surface area (Å²) in [6, 6.07) is 14.5. The molecule has 5 heteroatoms. The number of hydrogen-bond acceptors (Lipinski definition) is 3. The maximum absolute atomic E-state index is 11.4. The third-order valence-electron chi connectivity index (χ3n) is 3.10. The van der Waals surface area contributed by atoms with Crippen molar-refractivity contribution in [1.29, 1.82) is 0 Å². The molecule has 0 unspecified atom stereocenters. The third kappa shape index (κ3) is 2.53. The first-order valence-corrected chi connectivity index (χ1v) is 6.47. The third-order valence-corrected chi connectivity index (χ3v) is 3.10. The Hall–Kier alpha value is -2.95. The van der Waals surface area contributed by atoms with Crippen LogP contribution in [0.15, 0.2) is 54.7 Å². The second-order valence-corrected chi connectivity index (χ2v) is 4.69. The molecule has 1 aromatic carbocycles. The van der Waals surface area contributed by atoms with Gasteiger partial charge in [-0.25, -0.2) is 9.48 Å². The van der Waals surface area contributed by atoms with E-state index in [0.717, 1.165) is 11.3 Å². The lowest BCUT2D eigenvalue weighted by molar-refractivity contribution is 0.0687. The molecular weight excluding hydrogens is 266 g/mol. The Morgan fingerprint density at radius 3 is 2.62 bits per heavy atom. The van der Waals surface area contributed by atoms with Crippen LogP contribution < -0.4 is 0 Å². The number of benzene rings is 1. The smallest absolute Gasteiger partial charge is 0.354 e. The quantitative estimate of drug-likeness (QED) is 0.800. The molecule has 0 radical (unpaired) electrons. The van der Waals surface area contributed by atoms with Crippen molar-refractivity contribution in [3.63, 3.8) is 0 Å². The molecule has 2 heterocycles. The minimum atomic E-state index is -1.02. The zero-order valence-electron chi connectivity index (χ0n) is 11.4. The Bertz CT molecular complexity index is 794. The van der Waals surface area contributed by atoms with E-state index in [2.05, 4.69) is 10.1 Å². The first kappa shape index (κ1) is 13.1. The number of carbonyl (C=O) groups is 1. The van der Waals surface area contributed by atoms with Crippen LogP contribution in [0.4, 0.5) is 0 Å². The van der Waals surface area contributed by atoms with Crippen molar-refractivity contribution in [2.24, 2.45) is 0 Å². The predicted octanol–water partition coefficient (Wildman–Crippen LogP) is 2.94. The van der Waals surface area contributed by atoms with Gasteiger partial charge in [0.05, 0.1) is 11.4 Å². The first-order valence-electron chi connectivity index (χ1n) is 6.47. The summed E-state index contributed by atoms with van der Waals surface area (Å²) in [4.78, 5) is 15.6. The first-order chi connectivity index (χ1) is 10.1. The molecule has 0 aliphatic heterocycles. The van der Waals surface area contributed by atoms with Gasteiger partial charge in [-0.1, -0.05) is 18.2 Å². The van der Waals surface area contributed by atoms with Crippen LogP contribution in [0.1, 0.15) is 16.1 Å². The van der Waals surface area contributed by atoms with Gasteiger partial charge in [0.15, 0.2) is 5.69 Å². The minimum absolute atomic E-state index is 0.112. The molecule has 5 nitrogen and oxygen atoms in total. The van der Waals surface area contributed by atoms with Gasteiger partial charge in [0, 0.05) is 12.3 Å². The van der Waals surface area contributed by atoms with Gasteiger partial charge in [-0.15, -0.1) is 0 Å². The summed E-state index contributed by atoms with van der Waals surface area (Å²) in [6.45, 7) is 1.95. The molecule has 21 heavy (non-hydrogen) atoms. The summed E-state index contributed by atoms with van der Waals surface area (Å²) < 4.78 is 1.43. The van der Waals surface area contributed by atoms with E-state index >= 15 is 0 Å². The fourth-order valence-corrected chi connectivity index (χ4v) is 2.13. The molecule has 0 saturated carbocycles. The molecule has 0 fully saturated rings. The van der Waals surface area contributed by atoms with E-state index in [-0.39, 0.29) is 5.69 Å². The average Bonchev–Trinajstić information content (AvgIpc) is 2.93. The van der Waals surface area contributed by atoms with Crippen molar-refractivity contribution < 1.29 is 9.90 Å². The van der Waals surface area contributed by atoms with Crippen LogP contribution in [-0.4, -0.2) is 25.8 Å². The molecular formula is C16H13N3O2. The van der Waals surface area contributed by atoms with Crippen LogP contribution in [0.5, 0.6) is 0 Å². The lowest BCUT2D eigenvalue weighted by Crippen LogP contribution is -2.07. The molecule has 3 aromatic rings. The van der Waals surface area contributed by atoms with E-state index in [9.17, 15) is 9.90 Å². The minimum Gasteiger partial charge on any atom is -0.477 e. The van der Waals surface area contributed by atoms with Crippen molar-refractivity contribution >= 4 is 5.97 Å². The number of carboxylic acid groups (broad SMARTS) is 1. The number of aromatic nitrogens is 3. The molecule has 0 amide bonds. The molecule has 0 aliphatic rings. The van der Waals surface area contributed by atoms with E-state index in [1.807, 2.05) is 37.3 Å². The van der Waals surface area contributed by atoms with Gasteiger partial charge in [-0.2, -0.15) is 5.10 Å². The molecule has 3 rings (SSSR count). The van der Waals surface area contributed by atoms with Crippen molar-refractivity contribution in [3.05, 3.63) is 66.0 Å². The molecule has 1 N–H and O–H groups in total. The number of hydrogen-bond donors (Lipinski definition) is 1. The predicted molar refractivity (Wildman–Crippen MR) is 78.5 cm³/mol. The number of carboxylic acids is 1. The van der Waals surface area contributed by atoms with Crippen LogP contribution in [0.2, 0.25) is 0 Å². The highest BCUT2D eigenvalue weighted by atomic mass is 16.4. The SMILES string of the molecule is Cc1cccc(-n2nc(-c3ccccn3)cc2C(=O)O)c1. The Morgan fingerprint density at radius 1 is 1.10 bits per heavy atom. The topological polar surface area (TPSA) is 68.0 Å². The zero-order valence-corrected chi connectivity index (χ0v) is 11.4. The van der Waals surface area contributed by atoms with Crippen molar-refractivity contribution in [2.45, 2.75) is 6.92 Å². The zero-order chi connectivity index (χ0) is 14.8. The Morgan fingerprint density at radius 2 is 1.95 bits per heavy atom. The monoisotopic (exact) mass is 279 g/mol. The highest BCUT2D eigenvalue weighted by Crippen LogP contribution is 2.20. The van der Waals surface area contributed by atoms with Gasteiger partial charge >= 0.3 is 5.97 Å². The lowest BCUT2D eigenvalue weighted by atomic mass is 10.2. The molecule has 0 saturated heterocycles. The van der Waals surface area contributed by atoms with Crippen molar-refractivity contribution in [1.82, 2.24) is 14.8 Å². The number of aryl methyl sites for hydroxylation is 1. The van der Waals surface area contributed by atoms with Gasteiger partial charge < -0.3 is 5.11 Å². The average molecular weight is 279 g/mol. The highest BCUT2D eigenvalue weighted by molar-refractivity contribution is 5.88. The molecule has 2 aromatic heterocycles. The van der Waals surface area contributed by atoms with Crippen LogP contribution in [-0.2, 0) is 0 Å². The van der Waals surface area contributed by atoms with E-state index in [1.54, 1.807) is 18.3 Å². The van der Waals surface area contributed by atoms with Crippen LogP contribution in [0.25, 0.3) is 17.1 Å². The van der Waals surface area contributed by atoms with Crippen molar-refractivity contribution in [3.8, 4) is 17.1 Å². The number of nitrogens with zero attached hydrogens (tertiary/aromatic N) is 3. The van der Waals surface area contributed by atoms with Crippen LogP contribution in [0.3, 0.4) is 0 Å². The maximum atomic E-state index is 11.4. The van der Waals surface area contributed by atoms with Crippen molar-refractivity contribution in [2.75, 3.05) is 0 Å². The van der Waals surface area contributed by atoms with Gasteiger partial charge in [0.25, 0.3) is 0 Å². The number of rotatable bonds is 3. The van der Waals surface area contributed by atoms with Crippen LogP contribution >= 0.6 is 0 Å².